The van der Waals surface area contributed by atoms with Gasteiger partial charge in [-0.2, -0.15) is 0 Å². The molecule has 0 radical (unpaired) electrons. The number of ketones is 1. The second kappa shape index (κ2) is 5.32. The Morgan fingerprint density at radius 2 is 1.93 bits per heavy atom. The fourth-order valence-electron chi connectivity index (χ4n) is 1.20. The van der Waals surface area contributed by atoms with Crippen LogP contribution in [-0.2, 0) is 4.74 Å². The largest absolute Gasteiger partial charge is 0.504 e. The molecular weight excluding hydrogens is 192 g/mol. The Morgan fingerprint density at radius 1 is 1.33 bits per heavy atom. The summed E-state index contributed by atoms with van der Waals surface area (Å²) in [6.07, 6.45) is 0. The highest BCUT2D eigenvalue weighted by Gasteiger charge is 2.12. The zero-order valence-corrected chi connectivity index (χ0v) is 8.86. The number of Topliss-reactive ketones (excluding diaryl/α,β-unsaturated/α-hetero) is 1. The van der Waals surface area contributed by atoms with Crippen LogP contribution in [0.3, 0.4) is 0 Å². The third kappa shape index (κ3) is 2.92. The molecule has 0 aliphatic heterocycles. The Labute approximate surface area is 89.0 Å². The first kappa shape index (κ1) is 11.5. The molecule has 0 heterocycles. The summed E-state index contributed by atoms with van der Waals surface area (Å²) < 4.78 is 4.84. The smallest absolute Gasteiger partial charge is 0.227 e. The van der Waals surface area contributed by atoms with Gasteiger partial charge in [0.2, 0.25) is 5.78 Å². The summed E-state index contributed by atoms with van der Waals surface area (Å²) in [5.41, 5.74) is 1.01. The van der Waals surface area contributed by atoms with Crippen molar-refractivity contribution in [2.45, 2.75) is 6.92 Å². The van der Waals surface area contributed by atoms with Crippen LogP contribution in [0.5, 0.6) is 0 Å². The minimum Gasteiger partial charge on any atom is -0.504 e. The molecule has 0 aliphatic carbocycles. The maximum Gasteiger partial charge on any atom is 0.227 e. The number of carbonyl (C=O) groups excluding carboxylic acids is 1. The van der Waals surface area contributed by atoms with Crippen LogP contribution in [0.1, 0.15) is 17.3 Å². The summed E-state index contributed by atoms with van der Waals surface area (Å²) in [6, 6.07) is 8.66. The molecule has 1 rings (SSSR count). The molecule has 0 saturated heterocycles. The minimum atomic E-state index is -0.370. The van der Waals surface area contributed by atoms with Crippen LogP contribution in [0.2, 0.25) is 0 Å². The predicted molar refractivity (Wildman–Crippen MR) is 58.0 cm³/mol. The molecule has 1 aromatic carbocycles. The van der Waals surface area contributed by atoms with Gasteiger partial charge in [0, 0.05) is 12.7 Å². The van der Waals surface area contributed by atoms with Crippen molar-refractivity contribution >= 4 is 5.78 Å². The topological polar surface area (TPSA) is 46.5 Å². The lowest BCUT2D eigenvalue weighted by molar-refractivity contribution is 0.0970. The molecule has 3 heteroatoms. The molecule has 0 spiro atoms. The zero-order chi connectivity index (χ0) is 11.3. The SMILES string of the molecule is COCC(C)=C(O)C(=O)c1ccccc1. The number of aliphatic hydroxyl groups is 1. The van der Waals surface area contributed by atoms with Crippen molar-refractivity contribution < 1.29 is 14.6 Å². The lowest BCUT2D eigenvalue weighted by Crippen LogP contribution is -2.07. The Kier molecular flexibility index (Phi) is 4.06. The zero-order valence-electron chi connectivity index (χ0n) is 8.86. The number of methoxy groups -OCH3 is 1. The lowest BCUT2D eigenvalue weighted by Gasteiger charge is -2.04. The van der Waals surface area contributed by atoms with Gasteiger partial charge in [0.1, 0.15) is 0 Å². The molecule has 0 saturated carbocycles. The lowest BCUT2D eigenvalue weighted by atomic mass is 10.1. The van der Waals surface area contributed by atoms with E-state index in [0.29, 0.717) is 11.1 Å². The third-order valence-corrected chi connectivity index (χ3v) is 2.02. The Balaban J connectivity index is 2.91. The minimum absolute atomic E-state index is 0.233. The van der Waals surface area contributed by atoms with Crippen molar-refractivity contribution in [1.82, 2.24) is 0 Å². The Bertz CT molecular complexity index is 366. The summed E-state index contributed by atoms with van der Waals surface area (Å²) in [5.74, 6) is -0.604. The molecule has 0 unspecified atom stereocenters. The van der Waals surface area contributed by atoms with Gasteiger partial charge in [0.25, 0.3) is 0 Å². The number of aliphatic hydroxyl groups excluding tert-OH is 1. The van der Waals surface area contributed by atoms with E-state index in [0.717, 1.165) is 0 Å². The molecule has 3 nitrogen and oxygen atoms in total. The van der Waals surface area contributed by atoms with Gasteiger partial charge in [-0.05, 0) is 12.5 Å². The molecule has 80 valence electrons. The predicted octanol–water partition coefficient (Wildman–Crippen LogP) is 2.35. The van der Waals surface area contributed by atoms with E-state index in [1.165, 1.54) is 7.11 Å². The normalized spacial score (nSPS) is 12.1. The van der Waals surface area contributed by atoms with Crippen molar-refractivity contribution in [1.29, 1.82) is 0 Å². The third-order valence-electron chi connectivity index (χ3n) is 2.02. The number of ether oxygens (including phenoxy) is 1. The molecule has 0 amide bonds. The molecule has 0 aromatic heterocycles. The van der Waals surface area contributed by atoms with E-state index < -0.39 is 0 Å². The van der Waals surface area contributed by atoms with E-state index in [2.05, 4.69) is 0 Å². The molecule has 0 aliphatic rings. The molecular formula is C12H14O3. The van der Waals surface area contributed by atoms with Crippen molar-refractivity contribution in [3.63, 3.8) is 0 Å². The van der Waals surface area contributed by atoms with Crippen LogP contribution in [-0.4, -0.2) is 24.6 Å². The van der Waals surface area contributed by atoms with Crippen molar-refractivity contribution in [2.24, 2.45) is 0 Å². The van der Waals surface area contributed by atoms with E-state index in [1.807, 2.05) is 6.07 Å². The van der Waals surface area contributed by atoms with Crippen molar-refractivity contribution in [2.75, 3.05) is 13.7 Å². The number of carbonyl (C=O) groups is 1. The molecule has 0 fully saturated rings. The highest BCUT2D eigenvalue weighted by Crippen LogP contribution is 2.09. The first-order valence-electron chi connectivity index (χ1n) is 4.64. The first-order valence-corrected chi connectivity index (χ1v) is 4.64. The van der Waals surface area contributed by atoms with Crippen molar-refractivity contribution in [3.05, 3.63) is 47.2 Å². The monoisotopic (exact) mass is 206 g/mol. The maximum absolute atomic E-state index is 11.7. The van der Waals surface area contributed by atoms with Gasteiger partial charge < -0.3 is 9.84 Å². The Hall–Kier alpha value is -1.61. The summed E-state index contributed by atoms with van der Waals surface area (Å²) in [7, 11) is 1.52. The van der Waals surface area contributed by atoms with Crippen LogP contribution in [0.25, 0.3) is 0 Å². The number of benzene rings is 1. The summed E-state index contributed by atoms with van der Waals surface area (Å²) in [4.78, 5) is 11.7. The van der Waals surface area contributed by atoms with Crippen molar-refractivity contribution in [3.8, 4) is 0 Å². The average molecular weight is 206 g/mol. The summed E-state index contributed by atoms with van der Waals surface area (Å²) in [5, 5.41) is 9.62. The van der Waals surface area contributed by atoms with E-state index in [1.54, 1.807) is 31.2 Å². The second-order valence-corrected chi connectivity index (χ2v) is 3.26. The molecule has 1 N–H and O–H groups in total. The van der Waals surface area contributed by atoms with Crippen LogP contribution >= 0.6 is 0 Å². The van der Waals surface area contributed by atoms with Gasteiger partial charge in [-0.3, -0.25) is 4.79 Å². The molecule has 15 heavy (non-hydrogen) atoms. The van der Waals surface area contributed by atoms with Crippen LogP contribution < -0.4 is 0 Å². The van der Waals surface area contributed by atoms with Gasteiger partial charge >= 0.3 is 0 Å². The van der Waals surface area contributed by atoms with Crippen LogP contribution in [0.4, 0.5) is 0 Å². The Morgan fingerprint density at radius 3 is 2.47 bits per heavy atom. The second-order valence-electron chi connectivity index (χ2n) is 3.26. The average Bonchev–Trinajstić information content (AvgIpc) is 2.28. The van der Waals surface area contributed by atoms with Crippen LogP contribution in [0, 0.1) is 0 Å². The molecule has 0 atom stereocenters. The highest BCUT2D eigenvalue weighted by atomic mass is 16.5. The molecule has 0 bridgehead atoms. The first-order chi connectivity index (χ1) is 7.16. The number of hydrogen-bond acceptors (Lipinski definition) is 3. The van der Waals surface area contributed by atoms with E-state index in [4.69, 9.17) is 4.74 Å². The van der Waals surface area contributed by atoms with E-state index in [9.17, 15) is 9.90 Å². The maximum atomic E-state index is 11.7. The number of rotatable bonds is 4. The van der Waals surface area contributed by atoms with Gasteiger partial charge in [0.05, 0.1) is 6.61 Å². The van der Waals surface area contributed by atoms with E-state index in [-0.39, 0.29) is 18.1 Å². The summed E-state index contributed by atoms with van der Waals surface area (Å²) in [6.45, 7) is 1.92. The van der Waals surface area contributed by atoms with Gasteiger partial charge in [-0.25, -0.2) is 0 Å². The number of hydrogen-bond donors (Lipinski definition) is 1. The standard InChI is InChI=1S/C12H14O3/c1-9(8-15-2)11(13)12(14)10-6-4-3-5-7-10/h3-7,13H,8H2,1-2H3. The highest BCUT2D eigenvalue weighted by molar-refractivity contribution is 6.07. The van der Waals surface area contributed by atoms with Gasteiger partial charge in [-0.1, -0.05) is 30.3 Å². The molecule has 1 aromatic rings. The number of allylic oxidation sites excluding steroid dienone is 1. The van der Waals surface area contributed by atoms with Gasteiger partial charge in [0.15, 0.2) is 5.76 Å². The van der Waals surface area contributed by atoms with E-state index >= 15 is 0 Å². The van der Waals surface area contributed by atoms with Gasteiger partial charge in [-0.15, -0.1) is 0 Å². The quantitative estimate of drug-likeness (QED) is 0.467. The van der Waals surface area contributed by atoms with Crippen LogP contribution in [0.15, 0.2) is 41.7 Å². The summed E-state index contributed by atoms with van der Waals surface area (Å²) >= 11 is 0. The fourth-order valence-corrected chi connectivity index (χ4v) is 1.20. The fraction of sp³-hybridized carbons (Fsp3) is 0.250.